The van der Waals surface area contributed by atoms with Gasteiger partial charge in [-0.25, -0.2) is 0 Å². The lowest BCUT2D eigenvalue weighted by Crippen LogP contribution is -2.77. The van der Waals surface area contributed by atoms with Crippen molar-refractivity contribution in [2.75, 3.05) is 0 Å². The Morgan fingerprint density at radius 3 is 2.90 bits per heavy atom. The molecule has 3 nitrogen and oxygen atoms in total. The first-order valence-corrected chi connectivity index (χ1v) is 3.36. The van der Waals surface area contributed by atoms with Gasteiger partial charge in [0.1, 0.15) is 11.7 Å². The van der Waals surface area contributed by atoms with Crippen LogP contribution >= 0.6 is 0 Å². The molecule has 1 aromatic rings. The van der Waals surface area contributed by atoms with Crippen molar-refractivity contribution in [1.82, 2.24) is 9.78 Å². The minimum atomic E-state index is 0.362. The normalized spacial score (nSPS) is 13.5. The lowest BCUT2D eigenvalue weighted by molar-refractivity contribution is -0.637. The van der Waals surface area contributed by atoms with Crippen molar-refractivity contribution in [3.05, 3.63) is 25.0 Å². The van der Waals surface area contributed by atoms with E-state index in [0.717, 1.165) is 5.69 Å². The predicted octanol–water partition coefficient (Wildman–Crippen LogP) is -0.164. The quantitative estimate of drug-likeness (QED) is 0.567. The molecule has 0 aliphatic heterocycles. The summed E-state index contributed by atoms with van der Waals surface area (Å²) in [6, 6.07) is 2.37. The number of rotatable bonds is 2. The van der Waals surface area contributed by atoms with E-state index in [2.05, 4.69) is 19.1 Å². The summed E-state index contributed by atoms with van der Waals surface area (Å²) in [6.45, 7) is 2.08. The van der Waals surface area contributed by atoms with Crippen molar-refractivity contribution in [3.8, 4) is 0 Å². The summed E-state index contributed by atoms with van der Waals surface area (Å²) in [5.41, 5.74) is 1.08. The van der Waals surface area contributed by atoms with E-state index in [0.29, 0.717) is 6.04 Å². The van der Waals surface area contributed by atoms with Crippen molar-refractivity contribution in [3.63, 3.8) is 0 Å². The van der Waals surface area contributed by atoms with E-state index < -0.39 is 0 Å². The number of aromatic nitrogens is 2. The van der Waals surface area contributed by atoms with E-state index in [-0.39, 0.29) is 0 Å². The van der Waals surface area contributed by atoms with Crippen LogP contribution < -0.4 is 5.32 Å². The molecule has 0 bridgehead atoms. The first kappa shape index (κ1) is 7.28. The van der Waals surface area contributed by atoms with Crippen LogP contribution in [-0.2, 0) is 7.05 Å². The summed E-state index contributed by atoms with van der Waals surface area (Å²) < 4.78 is 1.80. The SMILES string of the molecule is [CH2-][NH2+]C(C)c1ccn(C)n1. The van der Waals surface area contributed by atoms with Crippen LogP contribution in [0.1, 0.15) is 18.7 Å². The zero-order valence-electron chi connectivity index (χ0n) is 6.41. The van der Waals surface area contributed by atoms with Crippen LogP contribution in [0.4, 0.5) is 0 Å². The monoisotopic (exact) mass is 139 g/mol. The van der Waals surface area contributed by atoms with Gasteiger partial charge in [-0.2, -0.15) is 12.1 Å². The van der Waals surface area contributed by atoms with Gasteiger partial charge in [-0.05, 0) is 13.0 Å². The minimum absolute atomic E-state index is 0.362. The number of hydrogen-bond acceptors (Lipinski definition) is 1. The van der Waals surface area contributed by atoms with Crippen LogP contribution in [0.3, 0.4) is 0 Å². The molecule has 10 heavy (non-hydrogen) atoms. The molecule has 0 saturated heterocycles. The molecule has 1 atom stereocenters. The van der Waals surface area contributed by atoms with E-state index in [1.54, 1.807) is 4.68 Å². The highest BCUT2D eigenvalue weighted by Gasteiger charge is 2.04. The third-order valence-corrected chi connectivity index (χ3v) is 1.55. The second kappa shape index (κ2) is 2.84. The predicted molar refractivity (Wildman–Crippen MR) is 38.9 cm³/mol. The Morgan fingerprint density at radius 2 is 2.50 bits per heavy atom. The standard InChI is InChI=1S/C7H13N3/c1-6(8-2)7-4-5-10(3)9-7/h4-6H,2,8H2,1,3H3. The molecule has 56 valence electrons. The topological polar surface area (TPSA) is 34.4 Å². The molecular formula is C7H13N3. The van der Waals surface area contributed by atoms with Crippen molar-refractivity contribution >= 4 is 0 Å². The van der Waals surface area contributed by atoms with Gasteiger partial charge < -0.3 is 5.32 Å². The highest BCUT2D eigenvalue weighted by Crippen LogP contribution is 2.02. The third-order valence-electron chi connectivity index (χ3n) is 1.55. The largest absolute Gasteiger partial charge is 0.471 e. The molecule has 0 amide bonds. The lowest BCUT2D eigenvalue weighted by Gasteiger charge is -2.06. The van der Waals surface area contributed by atoms with Crippen LogP contribution in [0.15, 0.2) is 12.3 Å². The molecule has 0 saturated carbocycles. The van der Waals surface area contributed by atoms with Crippen molar-refractivity contribution in [2.24, 2.45) is 7.05 Å². The van der Waals surface area contributed by atoms with E-state index in [1.165, 1.54) is 0 Å². The molecule has 0 aliphatic carbocycles. The molecular weight excluding hydrogens is 126 g/mol. The number of hydrogen-bond donors (Lipinski definition) is 1. The van der Waals surface area contributed by atoms with E-state index in [9.17, 15) is 0 Å². The number of aryl methyl sites for hydroxylation is 1. The molecule has 1 unspecified atom stereocenters. The third kappa shape index (κ3) is 1.36. The first-order chi connectivity index (χ1) is 4.74. The summed E-state index contributed by atoms with van der Waals surface area (Å²) in [5, 5.41) is 6.12. The van der Waals surface area contributed by atoms with E-state index in [1.807, 2.05) is 24.6 Å². The fourth-order valence-corrected chi connectivity index (χ4v) is 0.797. The molecule has 1 heterocycles. The number of nitrogens with two attached hydrogens (primary N) is 1. The van der Waals surface area contributed by atoms with Gasteiger partial charge in [0.15, 0.2) is 0 Å². The Kier molecular flexibility index (Phi) is 2.06. The first-order valence-electron chi connectivity index (χ1n) is 3.36. The fourth-order valence-electron chi connectivity index (χ4n) is 0.797. The van der Waals surface area contributed by atoms with Gasteiger partial charge in [0, 0.05) is 13.2 Å². The molecule has 0 aromatic carbocycles. The average Bonchev–Trinajstić information content (AvgIpc) is 2.34. The van der Waals surface area contributed by atoms with Gasteiger partial charge in [-0.15, -0.1) is 0 Å². The van der Waals surface area contributed by atoms with Crippen molar-refractivity contribution in [2.45, 2.75) is 13.0 Å². The summed E-state index contributed by atoms with van der Waals surface area (Å²) in [5.74, 6) is 0. The highest BCUT2D eigenvalue weighted by molar-refractivity contribution is 5.00. The molecule has 2 N–H and O–H groups in total. The Morgan fingerprint density at radius 1 is 1.80 bits per heavy atom. The zero-order valence-corrected chi connectivity index (χ0v) is 6.41. The van der Waals surface area contributed by atoms with Gasteiger partial charge in [0.05, 0.1) is 0 Å². The molecule has 0 fully saturated rings. The van der Waals surface area contributed by atoms with Crippen LogP contribution in [0, 0.1) is 7.05 Å². The maximum absolute atomic E-state index is 4.23. The molecule has 0 radical (unpaired) electrons. The second-order valence-electron chi connectivity index (χ2n) is 2.44. The fraction of sp³-hybridized carbons (Fsp3) is 0.429. The Labute approximate surface area is 61.0 Å². The van der Waals surface area contributed by atoms with Crippen LogP contribution in [0.5, 0.6) is 0 Å². The molecule has 1 aromatic heterocycles. The summed E-state index contributed by atoms with van der Waals surface area (Å²) in [4.78, 5) is 0. The van der Waals surface area contributed by atoms with E-state index in [4.69, 9.17) is 0 Å². The molecule has 1 rings (SSSR count). The Hall–Kier alpha value is -0.830. The Balaban J connectivity index is 2.74. The second-order valence-corrected chi connectivity index (χ2v) is 2.44. The smallest absolute Gasteiger partial charge is 0.117 e. The minimum Gasteiger partial charge on any atom is -0.471 e. The van der Waals surface area contributed by atoms with Crippen molar-refractivity contribution in [1.29, 1.82) is 0 Å². The lowest BCUT2D eigenvalue weighted by atomic mass is 10.2. The summed E-state index contributed by atoms with van der Waals surface area (Å²) in [7, 11) is 5.61. The van der Waals surface area contributed by atoms with Crippen LogP contribution in [0.25, 0.3) is 0 Å². The van der Waals surface area contributed by atoms with Gasteiger partial charge >= 0.3 is 0 Å². The average molecular weight is 139 g/mol. The summed E-state index contributed by atoms with van der Waals surface area (Å²) >= 11 is 0. The van der Waals surface area contributed by atoms with Crippen LogP contribution in [-0.4, -0.2) is 9.78 Å². The number of quaternary nitrogens is 1. The number of nitrogens with zero attached hydrogens (tertiary/aromatic N) is 2. The summed E-state index contributed by atoms with van der Waals surface area (Å²) in [6.07, 6.45) is 1.94. The zero-order chi connectivity index (χ0) is 7.56. The van der Waals surface area contributed by atoms with Gasteiger partial charge in [-0.1, -0.05) is 0 Å². The van der Waals surface area contributed by atoms with E-state index >= 15 is 0 Å². The maximum Gasteiger partial charge on any atom is 0.117 e. The van der Waals surface area contributed by atoms with Gasteiger partial charge in [0.2, 0.25) is 0 Å². The maximum atomic E-state index is 4.23. The Bertz CT molecular complexity index is 204. The van der Waals surface area contributed by atoms with Crippen molar-refractivity contribution < 1.29 is 5.32 Å². The highest BCUT2D eigenvalue weighted by atomic mass is 15.3. The van der Waals surface area contributed by atoms with Gasteiger partial charge in [-0.3, -0.25) is 4.68 Å². The molecule has 0 aliphatic rings. The molecule has 0 spiro atoms. The van der Waals surface area contributed by atoms with Gasteiger partial charge in [0.25, 0.3) is 0 Å². The molecule has 3 heteroatoms. The van der Waals surface area contributed by atoms with Crippen LogP contribution in [0.2, 0.25) is 0 Å².